The van der Waals surface area contributed by atoms with Crippen molar-refractivity contribution in [2.75, 3.05) is 0 Å². The molecule has 0 aliphatic carbocycles. The van der Waals surface area contributed by atoms with E-state index in [0.29, 0.717) is 5.56 Å². The number of rotatable bonds is 4. The van der Waals surface area contributed by atoms with Gasteiger partial charge in [0.2, 0.25) is 0 Å². The molecule has 0 saturated carbocycles. The molecular weight excluding hydrogens is 278 g/mol. The maximum absolute atomic E-state index is 12.0. The Bertz CT molecular complexity index is 763. The van der Waals surface area contributed by atoms with Crippen LogP contribution in [-0.2, 0) is 20.9 Å². The molecule has 20 heavy (non-hydrogen) atoms. The first-order chi connectivity index (χ1) is 9.53. The van der Waals surface area contributed by atoms with Crippen LogP contribution in [0.25, 0.3) is 0 Å². The number of phenols is 1. The summed E-state index contributed by atoms with van der Waals surface area (Å²) in [5.41, 5.74) is 0.548. The smallest absolute Gasteiger partial charge is 0.298 e. The zero-order valence-electron chi connectivity index (χ0n) is 10.4. The van der Waals surface area contributed by atoms with E-state index >= 15 is 0 Å². The number of aromatic hydroxyl groups is 1. The van der Waals surface area contributed by atoms with E-state index < -0.39 is 10.1 Å². The second kappa shape index (κ2) is 5.74. The summed E-state index contributed by atoms with van der Waals surface area (Å²) in [6, 6.07) is 13.7. The van der Waals surface area contributed by atoms with E-state index in [9.17, 15) is 13.5 Å². The van der Waals surface area contributed by atoms with Crippen molar-refractivity contribution in [3.63, 3.8) is 0 Å². The molecule has 0 amide bonds. The second-order valence-electron chi connectivity index (χ2n) is 3.99. The number of phenolic OH excluding ortho intramolecular Hbond substituents is 1. The minimum atomic E-state index is -4.02. The molecule has 0 atom stereocenters. The third kappa shape index (κ3) is 3.15. The molecule has 2 rings (SSSR count). The van der Waals surface area contributed by atoms with Gasteiger partial charge in [0.25, 0.3) is 10.1 Å². The molecular formula is C14H11NO4S. The first kappa shape index (κ1) is 14.1. The highest BCUT2D eigenvalue weighted by Gasteiger charge is 2.19. The summed E-state index contributed by atoms with van der Waals surface area (Å²) in [5.74, 6) is 0.0286. The van der Waals surface area contributed by atoms with E-state index in [1.165, 1.54) is 30.3 Å². The lowest BCUT2D eigenvalue weighted by molar-refractivity contribution is 0.307. The van der Waals surface area contributed by atoms with Gasteiger partial charge in [-0.1, -0.05) is 24.3 Å². The minimum Gasteiger partial charge on any atom is -0.508 e. The van der Waals surface area contributed by atoms with Gasteiger partial charge in [-0.25, -0.2) is 0 Å². The molecule has 2 aromatic rings. The van der Waals surface area contributed by atoms with Gasteiger partial charge in [0.15, 0.2) is 0 Å². The summed E-state index contributed by atoms with van der Waals surface area (Å²) in [7, 11) is -4.02. The SMILES string of the molecule is N#Cc1ccccc1S(=O)(=O)OCc1cccc(O)c1. The zero-order valence-corrected chi connectivity index (χ0v) is 11.2. The molecule has 0 radical (unpaired) electrons. The van der Waals surface area contributed by atoms with E-state index in [4.69, 9.17) is 9.44 Å². The summed E-state index contributed by atoms with van der Waals surface area (Å²) in [5, 5.41) is 18.2. The molecule has 0 aliphatic rings. The van der Waals surface area contributed by atoms with Crippen molar-refractivity contribution >= 4 is 10.1 Å². The Labute approximate surface area is 116 Å². The number of hydrogen-bond donors (Lipinski definition) is 1. The third-order valence-electron chi connectivity index (χ3n) is 2.57. The lowest BCUT2D eigenvalue weighted by Crippen LogP contribution is -2.08. The van der Waals surface area contributed by atoms with E-state index in [1.807, 2.05) is 6.07 Å². The van der Waals surface area contributed by atoms with Crippen LogP contribution in [0.5, 0.6) is 5.75 Å². The summed E-state index contributed by atoms with van der Waals surface area (Å²) in [4.78, 5) is -0.164. The fraction of sp³-hybridized carbons (Fsp3) is 0.0714. The normalized spacial score (nSPS) is 10.9. The molecule has 0 bridgehead atoms. The molecule has 0 saturated heterocycles. The Balaban J connectivity index is 2.22. The van der Waals surface area contributed by atoms with Crippen LogP contribution in [0.4, 0.5) is 0 Å². The van der Waals surface area contributed by atoms with Crippen LogP contribution in [0.2, 0.25) is 0 Å². The fourth-order valence-electron chi connectivity index (χ4n) is 1.63. The lowest BCUT2D eigenvalue weighted by atomic mass is 10.2. The number of hydrogen-bond acceptors (Lipinski definition) is 5. The van der Waals surface area contributed by atoms with Crippen molar-refractivity contribution < 1.29 is 17.7 Å². The second-order valence-corrected chi connectivity index (χ2v) is 5.58. The largest absolute Gasteiger partial charge is 0.508 e. The molecule has 2 aromatic carbocycles. The van der Waals surface area contributed by atoms with Gasteiger partial charge >= 0.3 is 0 Å². The van der Waals surface area contributed by atoms with Gasteiger partial charge < -0.3 is 5.11 Å². The third-order valence-corrected chi connectivity index (χ3v) is 3.89. The Morgan fingerprint density at radius 1 is 1.15 bits per heavy atom. The first-order valence-corrected chi connectivity index (χ1v) is 7.10. The number of nitrogens with zero attached hydrogens (tertiary/aromatic N) is 1. The number of nitriles is 1. The maximum Gasteiger partial charge on any atom is 0.298 e. The Hall–Kier alpha value is -2.36. The van der Waals surface area contributed by atoms with Gasteiger partial charge in [-0.05, 0) is 29.8 Å². The predicted octanol–water partition coefficient (Wildman–Crippen LogP) is 2.17. The standard InChI is InChI=1S/C14H11NO4S/c15-9-12-5-1-2-7-14(12)20(17,18)19-10-11-4-3-6-13(16)8-11/h1-8,16H,10H2. The van der Waals surface area contributed by atoms with Crippen LogP contribution in [0.1, 0.15) is 11.1 Å². The van der Waals surface area contributed by atoms with E-state index in [2.05, 4.69) is 0 Å². The number of benzene rings is 2. The highest BCUT2D eigenvalue weighted by atomic mass is 32.2. The van der Waals surface area contributed by atoms with E-state index in [1.54, 1.807) is 18.2 Å². The first-order valence-electron chi connectivity index (χ1n) is 5.69. The van der Waals surface area contributed by atoms with Crippen molar-refractivity contribution in [3.05, 3.63) is 59.7 Å². The van der Waals surface area contributed by atoms with Crippen LogP contribution in [-0.4, -0.2) is 13.5 Å². The predicted molar refractivity (Wildman–Crippen MR) is 71.2 cm³/mol. The van der Waals surface area contributed by atoms with Gasteiger partial charge in [-0.3, -0.25) is 4.18 Å². The maximum atomic E-state index is 12.0. The van der Waals surface area contributed by atoms with Gasteiger partial charge in [0.05, 0.1) is 12.2 Å². The van der Waals surface area contributed by atoms with Gasteiger partial charge in [-0.15, -0.1) is 0 Å². The lowest BCUT2D eigenvalue weighted by Gasteiger charge is -2.07. The zero-order chi connectivity index (χ0) is 14.6. The molecule has 5 nitrogen and oxygen atoms in total. The monoisotopic (exact) mass is 289 g/mol. The minimum absolute atomic E-state index is 0.0286. The fourth-order valence-corrected chi connectivity index (χ4v) is 2.68. The quantitative estimate of drug-likeness (QED) is 0.871. The average Bonchev–Trinajstić information content (AvgIpc) is 2.45. The summed E-state index contributed by atoms with van der Waals surface area (Å²) < 4.78 is 29.0. The molecule has 0 spiro atoms. The van der Waals surface area contributed by atoms with Crippen molar-refractivity contribution in [1.82, 2.24) is 0 Å². The molecule has 6 heteroatoms. The summed E-state index contributed by atoms with van der Waals surface area (Å²) in [6.07, 6.45) is 0. The van der Waals surface area contributed by atoms with Crippen molar-refractivity contribution in [1.29, 1.82) is 5.26 Å². The highest BCUT2D eigenvalue weighted by Crippen LogP contribution is 2.19. The van der Waals surface area contributed by atoms with Crippen LogP contribution < -0.4 is 0 Å². The van der Waals surface area contributed by atoms with Crippen LogP contribution in [0.3, 0.4) is 0 Å². The molecule has 0 fully saturated rings. The highest BCUT2D eigenvalue weighted by molar-refractivity contribution is 7.86. The molecule has 1 N–H and O–H groups in total. The topological polar surface area (TPSA) is 87.4 Å². The van der Waals surface area contributed by atoms with E-state index in [0.717, 1.165) is 0 Å². The van der Waals surface area contributed by atoms with Gasteiger partial charge in [0.1, 0.15) is 16.7 Å². The summed E-state index contributed by atoms with van der Waals surface area (Å²) >= 11 is 0. The Morgan fingerprint density at radius 3 is 2.60 bits per heavy atom. The molecule has 102 valence electrons. The van der Waals surface area contributed by atoms with Crippen LogP contribution in [0, 0.1) is 11.3 Å². The molecule has 0 aromatic heterocycles. The van der Waals surface area contributed by atoms with E-state index in [-0.39, 0.29) is 22.8 Å². The van der Waals surface area contributed by atoms with Gasteiger partial charge in [0, 0.05) is 0 Å². The van der Waals surface area contributed by atoms with Crippen LogP contribution in [0.15, 0.2) is 53.4 Å². The van der Waals surface area contributed by atoms with Gasteiger partial charge in [-0.2, -0.15) is 13.7 Å². The summed E-state index contributed by atoms with van der Waals surface area (Å²) in [6.45, 7) is -0.212. The van der Waals surface area contributed by atoms with Crippen LogP contribution >= 0.6 is 0 Å². The van der Waals surface area contributed by atoms with Crippen molar-refractivity contribution in [2.45, 2.75) is 11.5 Å². The average molecular weight is 289 g/mol. The van der Waals surface area contributed by atoms with Crippen molar-refractivity contribution in [3.8, 4) is 11.8 Å². The molecule has 0 unspecified atom stereocenters. The molecule has 0 heterocycles. The van der Waals surface area contributed by atoms with Crippen molar-refractivity contribution in [2.24, 2.45) is 0 Å². The Morgan fingerprint density at radius 2 is 1.90 bits per heavy atom. The Kier molecular flexibility index (Phi) is 4.03. The molecule has 0 aliphatic heterocycles.